The number of carbonyl (C=O) groups excluding carboxylic acids is 2. The molecule has 1 aliphatic heterocycles. The number of methoxy groups -OCH3 is 1. The van der Waals surface area contributed by atoms with Crippen LogP contribution >= 0.6 is 11.3 Å². The van der Waals surface area contributed by atoms with Crippen molar-refractivity contribution in [3.8, 4) is 5.75 Å². The van der Waals surface area contributed by atoms with Crippen molar-refractivity contribution in [3.63, 3.8) is 0 Å². The highest BCUT2D eigenvalue weighted by Crippen LogP contribution is 2.38. The molecule has 1 unspecified atom stereocenters. The first-order valence-corrected chi connectivity index (χ1v) is 11.9. The van der Waals surface area contributed by atoms with Crippen LogP contribution in [-0.2, 0) is 11.2 Å². The smallest absolute Gasteiger partial charge is 0.257 e. The van der Waals surface area contributed by atoms with Crippen LogP contribution in [0.4, 0.5) is 4.39 Å². The highest BCUT2D eigenvalue weighted by molar-refractivity contribution is 7.10. The maximum absolute atomic E-state index is 14.3. The maximum Gasteiger partial charge on any atom is 0.257 e. The van der Waals surface area contributed by atoms with Crippen molar-refractivity contribution in [2.75, 3.05) is 26.7 Å². The number of hydrogen-bond acceptors (Lipinski definition) is 4. The van der Waals surface area contributed by atoms with E-state index in [1.54, 1.807) is 30.6 Å². The van der Waals surface area contributed by atoms with Crippen LogP contribution in [0, 0.1) is 5.82 Å². The molecule has 0 spiro atoms. The first kappa shape index (κ1) is 23.0. The van der Waals surface area contributed by atoms with E-state index in [1.165, 1.54) is 21.9 Å². The van der Waals surface area contributed by atoms with E-state index < -0.39 is 11.7 Å². The molecule has 0 N–H and O–H groups in total. The van der Waals surface area contributed by atoms with Gasteiger partial charge in [0.2, 0.25) is 5.91 Å². The number of nitrogens with zero attached hydrogens (tertiary/aromatic N) is 2. The number of amides is 2. The fraction of sp³-hybridized carbons (Fsp3) is 0.308. The standard InChI is InChI=1S/C26H27FN2O3S/c1-3-14-28(26(31)20-6-4-5-7-22(20)27)17-24(30)29-15-12-23-21(13-16-33-23)25(29)18-8-10-19(32-2)11-9-18/h4-11,13,16,25H,3,12,14-15,17H2,1-2H3. The fourth-order valence-corrected chi connectivity index (χ4v) is 5.22. The minimum atomic E-state index is -0.576. The zero-order chi connectivity index (χ0) is 23.4. The predicted molar refractivity (Wildman–Crippen MR) is 127 cm³/mol. The molecule has 0 radical (unpaired) electrons. The Labute approximate surface area is 197 Å². The summed E-state index contributed by atoms with van der Waals surface area (Å²) in [6.07, 6.45) is 1.45. The third-order valence-electron chi connectivity index (χ3n) is 5.93. The van der Waals surface area contributed by atoms with Gasteiger partial charge in [-0.25, -0.2) is 4.39 Å². The van der Waals surface area contributed by atoms with Crippen LogP contribution in [0.15, 0.2) is 60.0 Å². The minimum Gasteiger partial charge on any atom is -0.497 e. The summed E-state index contributed by atoms with van der Waals surface area (Å²) in [5.74, 6) is -0.432. The molecule has 0 aliphatic carbocycles. The second kappa shape index (κ2) is 10.2. The number of benzene rings is 2. The Balaban J connectivity index is 1.61. The largest absolute Gasteiger partial charge is 0.497 e. The summed E-state index contributed by atoms with van der Waals surface area (Å²) in [6, 6.07) is 15.5. The number of fused-ring (bicyclic) bond motifs is 1. The highest BCUT2D eigenvalue weighted by atomic mass is 32.1. The average Bonchev–Trinajstić information content (AvgIpc) is 3.32. The second-order valence-electron chi connectivity index (χ2n) is 8.02. The van der Waals surface area contributed by atoms with Crippen molar-refractivity contribution in [2.24, 2.45) is 0 Å². The van der Waals surface area contributed by atoms with Gasteiger partial charge in [-0.1, -0.05) is 31.2 Å². The van der Waals surface area contributed by atoms with Crippen LogP contribution in [0.3, 0.4) is 0 Å². The Morgan fingerprint density at radius 3 is 2.61 bits per heavy atom. The number of halogens is 1. The molecule has 0 fully saturated rings. The predicted octanol–water partition coefficient (Wildman–Crippen LogP) is 4.92. The zero-order valence-electron chi connectivity index (χ0n) is 18.8. The Hall–Kier alpha value is -3.19. The van der Waals surface area contributed by atoms with Gasteiger partial charge in [0.25, 0.3) is 5.91 Å². The Morgan fingerprint density at radius 2 is 1.91 bits per heavy atom. The van der Waals surface area contributed by atoms with Gasteiger partial charge in [-0.15, -0.1) is 11.3 Å². The number of ether oxygens (including phenoxy) is 1. The first-order valence-electron chi connectivity index (χ1n) is 11.1. The molecule has 33 heavy (non-hydrogen) atoms. The van der Waals surface area contributed by atoms with Crippen LogP contribution < -0.4 is 4.74 Å². The lowest BCUT2D eigenvalue weighted by molar-refractivity contribution is -0.134. The number of hydrogen-bond donors (Lipinski definition) is 0. The molecule has 1 aromatic heterocycles. The summed E-state index contributed by atoms with van der Waals surface area (Å²) >= 11 is 1.70. The number of rotatable bonds is 7. The lowest BCUT2D eigenvalue weighted by atomic mass is 9.93. The van der Waals surface area contributed by atoms with Gasteiger partial charge in [-0.2, -0.15) is 0 Å². The van der Waals surface area contributed by atoms with Gasteiger partial charge in [-0.05, 0) is 59.7 Å². The monoisotopic (exact) mass is 466 g/mol. The molecule has 0 saturated carbocycles. The Bertz CT molecular complexity index is 1130. The molecule has 1 atom stereocenters. The van der Waals surface area contributed by atoms with Gasteiger partial charge in [0.15, 0.2) is 0 Å². The third kappa shape index (κ3) is 4.78. The van der Waals surface area contributed by atoms with E-state index in [2.05, 4.69) is 11.4 Å². The molecule has 2 heterocycles. The lowest BCUT2D eigenvalue weighted by Gasteiger charge is -2.37. The summed E-state index contributed by atoms with van der Waals surface area (Å²) in [5, 5.41) is 2.06. The molecule has 172 valence electrons. The summed E-state index contributed by atoms with van der Waals surface area (Å²) in [7, 11) is 1.62. The highest BCUT2D eigenvalue weighted by Gasteiger charge is 2.34. The second-order valence-corrected chi connectivity index (χ2v) is 9.02. The van der Waals surface area contributed by atoms with E-state index in [0.717, 1.165) is 23.3 Å². The third-order valence-corrected chi connectivity index (χ3v) is 6.93. The van der Waals surface area contributed by atoms with Crippen LogP contribution in [0.25, 0.3) is 0 Å². The van der Waals surface area contributed by atoms with Crippen LogP contribution in [0.2, 0.25) is 0 Å². The van der Waals surface area contributed by atoms with E-state index in [-0.39, 0.29) is 24.1 Å². The molecule has 2 aromatic carbocycles. The molecule has 3 aromatic rings. The molecule has 0 bridgehead atoms. The van der Waals surface area contributed by atoms with Crippen LogP contribution in [0.1, 0.15) is 45.7 Å². The molecule has 5 nitrogen and oxygen atoms in total. The van der Waals surface area contributed by atoms with Gasteiger partial charge in [-0.3, -0.25) is 9.59 Å². The summed E-state index contributed by atoms with van der Waals surface area (Å²) in [4.78, 5) is 31.2. The van der Waals surface area contributed by atoms with E-state index in [1.807, 2.05) is 36.1 Å². The molecule has 4 rings (SSSR count). The van der Waals surface area contributed by atoms with E-state index in [0.29, 0.717) is 19.5 Å². The van der Waals surface area contributed by atoms with E-state index in [9.17, 15) is 14.0 Å². The molecular weight excluding hydrogens is 439 g/mol. The SMILES string of the molecule is CCCN(CC(=O)N1CCc2sccc2C1c1ccc(OC)cc1)C(=O)c1ccccc1F. The van der Waals surface area contributed by atoms with Gasteiger partial charge < -0.3 is 14.5 Å². The normalized spacial score (nSPS) is 15.1. The van der Waals surface area contributed by atoms with Gasteiger partial charge in [0.05, 0.1) is 18.7 Å². The Kier molecular flexibility index (Phi) is 7.08. The fourth-order valence-electron chi connectivity index (χ4n) is 4.31. The molecule has 2 amide bonds. The van der Waals surface area contributed by atoms with Gasteiger partial charge in [0.1, 0.15) is 18.1 Å². The van der Waals surface area contributed by atoms with Crippen LogP contribution in [-0.4, -0.2) is 48.4 Å². The topological polar surface area (TPSA) is 49.9 Å². The molecule has 0 saturated heterocycles. The molecule has 7 heteroatoms. The van der Waals surface area contributed by atoms with Crippen molar-refractivity contribution in [1.82, 2.24) is 9.80 Å². The van der Waals surface area contributed by atoms with Gasteiger partial charge >= 0.3 is 0 Å². The first-order chi connectivity index (χ1) is 16.0. The van der Waals surface area contributed by atoms with Crippen molar-refractivity contribution in [1.29, 1.82) is 0 Å². The maximum atomic E-state index is 14.3. The number of carbonyl (C=O) groups is 2. The summed E-state index contributed by atoms with van der Waals surface area (Å²) in [6.45, 7) is 2.79. The average molecular weight is 467 g/mol. The zero-order valence-corrected chi connectivity index (χ0v) is 19.6. The lowest BCUT2D eigenvalue weighted by Crippen LogP contribution is -2.47. The van der Waals surface area contributed by atoms with Crippen molar-refractivity contribution >= 4 is 23.2 Å². The Morgan fingerprint density at radius 1 is 1.15 bits per heavy atom. The molecular formula is C26H27FN2O3S. The van der Waals surface area contributed by atoms with Gasteiger partial charge in [0, 0.05) is 18.0 Å². The minimum absolute atomic E-state index is 0.00998. The van der Waals surface area contributed by atoms with Crippen LogP contribution in [0.5, 0.6) is 5.75 Å². The number of thiophene rings is 1. The summed E-state index contributed by atoms with van der Waals surface area (Å²) in [5.41, 5.74) is 2.10. The van der Waals surface area contributed by atoms with Crippen molar-refractivity contribution in [2.45, 2.75) is 25.8 Å². The van der Waals surface area contributed by atoms with Crippen molar-refractivity contribution < 1.29 is 18.7 Å². The summed E-state index contributed by atoms with van der Waals surface area (Å²) < 4.78 is 19.5. The van der Waals surface area contributed by atoms with Crippen molar-refractivity contribution in [3.05, 3.63) is 87.4 Å². The van der Waals surface area contributed by atoms with E-state index in [4.69, 9.17) is 4.74 Å². The quantitative estimate of drug-likeness (QED) is 0.497. The molecule has 1 aliphatic rings. The van der Waals surface area contributed by atoms with E-state index >= 15 is 0 Å².